The molecule has 0 atom stereocenters. The number of carbonyl (C=O) groups is 1. The summed E-state index contributed by atoms with van der Waals surface area (Å²) in [5, 5.41) is 0. The standard InChI is InChI=1S/C13H9BrFNO2/c14-8-1-4-10(11(15)7-8)12-5-2-9(18-12)3-6-13(16)17/h1-7H,(H2,16,17). The molecule has 0 unspecified atom stereocenters. The van der Waals surface area contributed by atoms with Gasteiger partial charge in [0.25, 0.3) is 0 Å². The lowest BCUT2D eigenvalue weighted by Gasteiger charge is -1.99. The molecular formula is C13H9BrFNO2. The molecular weight excluding hydrogens is 301 g/mol. The third-order valence-electron chi connectivity index (χ3n) is 2.24. The van der Waals surface area contributed by atoms with E-state index < -0.39 is 5.91 Å². The molecule has 0 bridgehead atoms. The summed E-state index contributed by atoms with van der Waals surface area (Å²) in [5.41, 5.74) is 5.32. The summed E-state index contributed by atoms with van der Waals surface area (Å²) in [4.78, 5) is 10.6. The Morgan fingerprint density at radius 3 is 2.78 bits per heavy atom. The number of hydrogen-bond donors (Lipinski definition) is 1. The van der Waals surface area contributed by atoms with Crippen LogP contribution in [0.2, 0.25) is 0 Å². The summed E-state index contributed by atoms with van der Waals surface area (Å²) in [6, 6.07) is 7.96. The lowest BCUT2D eigenvalue weighted by atomic mass is 10.1. The largest absolute Gasteiger partial charge is 0.457 e. The lowest BCUT2D eigenvalue weighted by molar-refractivity contribution is -0.113. The van der Waals surface area contributed by atoms with Gasteiger partial charge in [-0.05, 0) is 36.4 Å². The smallest absolute Gasteiger partial charge is 0.241 e. The van der Waals surface area contributed by atoms with Gasteiger partial charge in [0, 0.05) is 10.5 Å². The molecule has 18 heavy (non-hydrogen) atoms. The normalized spacial score (nSPS) is 11.0. The molecule has 2 aromatic rings. The van der Waals surface area contributed by atoms with E-state index in [0.717, 1.165) is 0 Å². The van der Waals surface area contributed by atoms with Crippen LogP contribution < -0.4 is 5.73 Å². The van der Waals surface area contributed by atoms with Crippen LogP contribution in [0.5, 0.6) is 0 Å². The first-order chi connectivity index (χ1) is 8.56. The minimum absolute atomic E-state index is 0.358. The number of halogens is 2. The summed E-state index contributed by atoms with van der Waals surface area (Å²) in [6.45, 7) is 0. The van der Waals surface area contributed by atoms with Crippen molar-refractivity contribution in [3.05, 3.63) is 52.5 Å². The fourth-order valence-electron chi connectivity index (χ4n) is 1.44. The summed E-state index contributed by atoms with van der Waals surface area (Å²) in [5.74, 6) is -0.123. The Kier molecular flexibility index (Phi) is 3.62. The van der Waals surface area contributed by atoms with Crippen LogP contribution in [0.15, 0.2) is 45.3 Å². The van der Waals surface area contributed by atoms with Gasteiger partial charge in [0.05, 0.1) is 5.56 Å². The first-order valence-electron chi connectivity index (χ1n) is 5.09. The Hall–Kier alpha value is -1.88. The van der Waals surface area contributed by atoms with Crippen molar-refractivity contribution in [1.82, 2.24) is 0 Å². The molecule has 0 aliphatic rings. The summed E-state index contributed by atoms with van der Waals surface area (Å²) < 4.78 is 19.7. The SMILES string of the molecule is NC(=O)C=Cc1ccc(-c2ccc(Br)cc2F)o1. The topological polar surface area (TPSA) is 56.2 Å². The number of hydrogen-bond acceptors (Lipinski definition) is 2. The first kappa shape index (κ1) is 12.6. The van der Waals surface area contributed by atoms with Crippen LogP contribution >= 0.6 is 15.9 Å². The van der Waals surface area contributed by atoms with E-state index in [1.54, 1.807) is 24.3 Å². The highest BCUT2D eigenvalue weighted by atomic mass is 79.9. The van der Waals surface area contributed by atoms with E-state index in [4.69, 9.17) is 10.2 Å². The third kappa shape index (κ3) is 2.87. The van der Waals surface area contributed by atoms with Gasteiger partial charge in [0.15, 0.2) is 0 Å². The summed E-state index contributed by atoms with van der Waals surface area (Å²) >= 11 is 3.18. The number of rotatable bonds is 3. The maximum atomic E-state index is 13.7. The number of nitrogens with two attached hydrogens (primary N) is 1. The Morgan fingerprint density at radius 2 is 2.11 bits per heavy atom. The molecule has 0 saturated heterocycles. The summed E-state index contributed by atoms with van der Waals surface area (Å²) in [7, 11) is 0. The predicted molar refractivity (Wildman–Crippen MR) is 70.0 cm³/mol. The van der Waals surface area contributed by atoms with Crippen LogP contribution in [0.25, 0.3) is 17.4 Å². The highest BCUT2D eigenvalue weighted by molar-refractivity contribution is 9.10. The number of primary amides is 1. The molecule has 92 valence electrons. The van der Waals surface area contributed by atoms with Crippen molar-refractivity contribution in [2.24, 2.45) is 5.73 Å². The minimum Gasteiger partial charge on any atom is -0.457 e. The molecule has 5 heteroatoms. The summed E-state index contributed by atoms with van der Waals surface area (Å²) in [6.07, 6.45) is 2.61. The van der Waals surface area contributed by atoms with E-state index in [2.05, 4.69) is 15.9 Å². The number of furan rings is 1. The zero-order chi connectivity index (χ0) is 13.1. The van der Waals surface area contributed by atoms with Gasteiger partial charge < -0.3 is 10.2 Å². The molecule has 1 aromatic heterocycles. The zero-order valence-corrected chi connectivity index (χ0v) is 10.8. The van der Waals surface area contributed by atoms with E-state index >= 15 is 0 Å². The Morgan fingerprint density at radius 1 is 1.33 bits per heavy atom. The van der Waals surface area contributed by atoms with Gasteiger partial charge in [0.1, 0.15) is 17.3 Å². The van der Waals surface area contributed by atoms with Crippen molar-refractivity contribution >= 4 is 27.9 Å². The van der Waals surface area contributed by atoms with Crippen LogP contribution in [0.3, 0.4) is 0 Å². The average molecular weight is 310 g/mol. The number of benzene rings is 1. The van der Waals surface area contributed by atoms with Crippen molar-refractivity contribution < 1.29 is 13.6 Å². The highest BCUT2D eigenvalue weighted by Crippen LogP contribution is 2.27. The Balaban J connectivity index is 2.32. The quantitative estimate of drug-likeness (QED) is 0.884. The Bertz CT molecular complexity index is 619. The Labute approximate surface area is 111 Å². The number of amides is 1. The third-order valence-corrected chi connectivity index (χ3v) is 2.73. The van der Waals surface area contributed by atoms with Gasteiger partial charge in [0.2, 0.25) is 5.91 Å². The maximum Gasteiger partial charge on any atom is 0.241 e. The fourth-order valence-corrected chi connectivity index (χ4v) is 1.77. The molecule has 0 fully saturated rings. The van der Waals surface area contributed by atoms with E-state index in [1.807, 2.05) is 0 Å². The number of carbonyl (C=O) groups excluding carboxylic acids is 1. The van der Waals surface area contributed by atoms with Gasteiger partial charge in [-0.2, -0.15) is 0 Å². The molecule has 0 spiro atoms. The van der Waals surface area contributed by atoms with Gasteiger partial charge >= 0.3 is 0 Å². The molecule has 0 aliphatic heterocycles. The minimum atomic E-state index is -0.567. The van der Waals surface area contributed by atoms with Crippen LogP contribution in [0, 0.1) is 5.82 Å². The molecule has 0 saturated carbocycles. The molecule has 0 aliphatic carbocycles. The second-order valence-corrected chi connectivity index (χ2v) is 4.48. The fraction of sp³-hybridized carbons (Fsp3) is 0. The second-order valence-electron chi connectivity index (χ2n) is 3.56. The maximum absolute atomic E-state index is 13.7. The van der Waals surface area contributed by atoms with Gasteiger partial charge in [-0.15, -0.1) is 0 Å². The van der Waals surface area contributed by atoms with Crippen LogP contribution in [-0.4, -0.2) is 5.91 Å². The second kappa shape index (κ2) is 5.18. The van der Waals surface area contributed by atoms with Gasteiger partial charge in [-0.25, -0.2) is 4.39 Å². The molecule has 2 rings (SSSR count). The van der Waals surface area contributed by atoms with Crippen molar-refractivity contribution in [2.75, 3.05) is 0 Å². The van der Waals surface area contributed by atoms with E-state index in [-0.39, 0.29) is 5.82 Å². The molecule has 1 heterocycles. The lowest BCUT2D eigenvalue weighted by Crippen LogP contribution is -2.04. The van der Waals surface area contributed by atoms with E-state index in [1.165, 1.54) is 18.2 Å². The van der Waals surface area contributed by atoms with Crippen LogP contribution in [-0.2, 0) is 4.79 Å². The molecule has 3 nitrogen and oxygen atoms in total. The van der Waals surface area contributed by atoms with Gasteiger partial charge in [-0.1, -0.05) is 15.9 Å². The predicted octanol–water partition coefficient (Wildman–Crippen LogP) is 3.35. The van der Waals surface area contributed by atoms with Crippen LogP contribution in [0.1, 0.15) is 5.76 Å². The first-order valence-corrected chi connectivity index (χ1v) is 5.88. The average Bonchev–Trinajstić information content (AvgIpc) is 2.75. The van der Waals surface area contributed by atoms with Gasteiger partial charge in [-0.3, -0.25) is 4.79 Å². The zero-order valence-electron chi connectivity index (χ0n) is 9.19. The van der Waals surface area contributed by atoms with Crippen molar-refractivity contribution in [3.63, 3.8) is 0 Å². The monoisotopic (exact) mass is 309 g/mol. The van der Waals surface area contributed by atoms with Crippen molar-refractivity contribution in [3.8, 4) is 11.3 Å². The molecule has 1 aromatic carbocycles. The highest BCUT2D eigenvalue weighted by Gasteiger charge is 2.09. The van der Waals surface area contributed by atoms with E-state index in [0.29, 0.717) is 21.6 Å². The van der Waals surface area contributed by atoms with E-state index in [9.17, 15) is 9.18 Å². The molecule has 1 amide bonds. The van der Waals surface area contributed by atoms with Crippen LogP contribution in [0.4, 0.5) is 4.39 Å². The van der Waals surface area contributed by atoms with Crippen molar-refractivity contribution in [1.29, 1.82) is 0 Å². The molecule has 2 N–H and O–H groups in total. The molecule has 0 radical (unpaired) electrons. The van der Waals surface area contributed by atoms with Crippen molar-refractivity contribution in [2.45, 2.75) is 0 Å².